The number of amides is 1. The molecule has 24 heavy (non-hydrogen) atoms. The molecule has 0 heterocycles. The van der Waals surface area contributed by atoms with Gasteiger partial charge >= 0.3 is 5.97 Å². The Bertz CT molecular complexity index is 698. The summed E-state index contributed by atoms with van der Waals surface area (Å²) >= 11 is 5.80. The number of aliphatic carboxylic acids is 1. The Labute approximate surface area is 144 Å². The molecule has 3 N–H and O–H groups in total. The van der Waals surface area contributed by atoms with Crippen LogP contribution in [0.5, 0.6) is 5.75 Å². The van der Waals surface area contributed by atoms with E-state index in [9.17, 15) is 19.8 Å². The van der Waals surface area contributed by atoms with Crippen LogP contribution in [0.3, 0.4) is 0 Å². The third-order valence-electron chi connectivity index (χ3n) is 3.56. The Kier molecular flexibility index (Phi) is 6.21. The fourth-order valence-electron chi connectivity index (χ4n) is 2.24. The molecule has 0 fully saturated rings. The molecule has 0 aliphatic carbocycles. The number of carboxylic acid groups (broad SMARTS) is 1. The van der Waals surface area contributed by atoms with E-state index in [1.165, 1.54) is 12.1 Å². The number of halogens is 1. The molecule has 2 aromatic rings. The van der Waals surface area contributed by atoms with Crippen molar-refractivity contribution in [1.29, 1.82) is 0 Å². The Morgan fingerprint density at radius 3 is 2.17 bits per heavy atom. The maximum absolute atomic E-state index is 12.0. The number of phenols is 1. The molecule has 0 radical (unpaired) electrons. The third-order valence-corrected chi connectivity index (χ3v) is 3.82. The fourth-order valence-corrected chi connectivity index (χ4v) is 2.37. The van der Waals surface area contributed by atoms with E-state index in [-0.39, 0.29) is 24.5 Å². The quantitative estimate of drug-likeness (QED) is 0.718. The highest BCUT2D eigenvalue weighted by Crippen LogP contribution is 2.13. The van der Waals surface area contributed by atoms with Crippen LogP contribution in [0.15, 0.2) is 48.5 Å². The van der Waals surface area contributed by atoms with E-state index in [1.807, 2.05) is 12.1 Å². The smallest absolute Gasteiger partial charge is 0.326 e. The summed E-state index contributed by atoms with van der Waals surface area (Å²) in [4.78, 5) is 23.3. The van der Waals surface area contributed by atoms with Crippen LogP contribution in [0, 0.1) is 0 Å². The van der Waals surface area contributed by atoms with Gasteiger partial charge in [0.15, 0.2) is 0 Å². The lowest BCUT2D eigenvalue weighted by Gasteiger charge is -2.15. The zero-order valence-electron chi connectivity index (χ0n) is 12.9. The standard InChI is InChI=1S/C18H18ClNO4/c19-14-6-1-12(2-7-14)5-10-17(22)20-16(18(23)24)11-13-3-8-15(21)9-4-13/h1-4,6-9,16,21H,5,10-11H2,(H,20,22)(H,23,24)/t16-/m1/s1. The molecule has 0 aliphatic heterocycles. The number of aromatic hydroxyl groups is 1. The fraction of sp³-hybridized carbons (Fsp3) is 0.222. The summed E-state index contributed by atoms with van der Waals surface area (Å²) in [5.74, 6) is -1.31. The minimum absolute atomic E-state index is 0.109. The highest BCUT2D eigenvalue weighted by molar-refractivity contribution is 6.30. The van der Waals surface area contributed by atoms with Crippen molar-refractivity contribution < 1.29 is 19.8 Å². The molecule has 0 bridgehead atoms. The van der Waals surface area contributed by atoms with Crippen LogP contribution in [0.25, 0.3) is 0 Å². The second-order valence-electron chi connectivity index (χ2n) is 5.46. The zero-order chi connectivity index (χ0) is 17.5. The number of hydrogen-bond donors (Lipinski definition) is 3. The molecule has 2 aromatic carbocycles. The topological polar surface area (TPSA) is 86.6 Å². The van der Waals surface area contributed by atoms with Crippen LogP contribution in [-0.4, -0.2) is 28.1 Å². The van der Waals surface area contributed by atoms with Crippen molar-refractivity contribution in [3.63, 3.8) is 0 Å². The predicted molar refractivity (Wildman–Crippen MR) is 91.2 cm³/mol. The Hall–Kier alpha value is -2.53. The third kappa shape index (κ3) is 5.59. The van der Waals surface area contributed by atoms with E-state index in [1.54, 1.807) is 24.3 Å². The molecule has 5 nitrogen and oxygen atoms in total. The summed E-state index contributed by atoms with van der Waals surface area (Å²) < 4.78 is 0. The van der Waals surface area contributed by atoms with Gasteiger partial charge in [-0.3, -0.25) is 4.79 Å². The molecule has 0 saturated carbocycles. The van der Waals surface area contributed by atoms with Crippen molar-refractivity contribution in [3.8, 4) is 5.75 Å². The van der Waals surface area contributed by atoms with E-state index in [2.05, 4.69) is 5.32 Å². The van der Waals surface area contributed by atoms with Crippen molar-refractivity contribution in [2.45, 2.75) is 25.3 Å². The minimum Gasteiger partial charge on any atom is -0.508 e. The summed E-state index contributed by atoms with van der Waals surface area (Å²) in [6, 6.07) is 12.4. The van der Waals surface area contributed by atoms with Gasteiger partial charge in [-0.05, 0) is 41.8 Å². The van der Waals surface area contributed by atoms with Gasteiger partial charge in [-0.1, -0.05) is 35.9 Å². The molecule has 126 valence electrons. The monoisotopic (exact) mass is 347 g/mol. The first-order valence-corrected chi connectivity index (χ1v) is 7.86. The van der Waals surface area contributed by atoms with E-state index in [4.69, 9.17) is 11.6 Å². The highest BCUT2D eigenvalue weighted by Gasteiger charge is 2.20. The van der Waals surface area contributed by atoms with Gasteiger partial charge < -0.3 is 15.5 Å². The zero-order valence-corrected chi connectivity index (χ0v) is 13.7. The lowest BCUT2D eigenvalue weighted by molar-refractivity contribution is -0.141. The molecule has 0 spiro atoms. The van der Waals surface area contributed by atoms with Crippen LogP contribution in [0.1, 0.15) is 17.5 Å². The summed E-state index contributed by atoms with van der Waals surface area (Å²) in [5.41, 5.74) is 1.68. The van der Waals surface area contributed by atoms with E-state index >= 15 is 0 Å². The van der Waals surface area contributed by atoms with Crippen LogP contribution in [-0.2, 0) is 22.4 Å². The molecule has 0 unspecified atom stereocenters. The number of benzene rings is 2. The minimum atomic E-state index is -1.09. The van der Waals surface area contributed by atoms with E-state index < -0.39 is 12.0 Å². The van der Waals surface area contributed by atoms with Crippen molar-refractivity contribution in [2.24, 2.45) is 0 Å². The van der Waals surface area contributed by atoms with Crippen molar-refractivity contribution in [3.05, 3.63) is 64.7 Å². The highest BCUT2D eigenvalue weighted by atomic mass is 35.5. The molecule has 2 rings (SSSR count). The number of carboxylic acids is 1. The first-order chi connectivity index (χ1) is 11.4. The van der Waals surface area contributed by atoms with Crippen LogP contribution < -0.4 is 5.32 Å². The summed E-state index contributed by atoms with van der Waals surface area (Å²) in [5, 5.41) is 21.7. The summed E-state index contributed by atoms with van der Waals surface area (Å²) in [6.07, 6.45) is 0.859. The number of phenolic OH excluding ortho intramolecular Hbond substituents is 1. The van der Waals surface area contributed by atoms with Gasteiger partial charge in [0.05, 0.1) is 0 Å². The average molecular weight is 348 g/mol. The number of hydrogen-bond acceptors (Lipinski definition) is 3. The molecule has 0 aromatic heterocycles. The first-order valence-electron chi connectivity index (χ1n) is 7.48. The number of aryl methyl sites for hydroxylation is 1. The van der Waals surface area contributed by atoms with Crippen molar-refractivity contribution in [1.82, 2.24) is 5.32 Å². The lowest BCUT2D eigenvalue weighted by Crippen LogP contribution is -2.42. The van der Waals surface area contributed by atoms with Gasteiger partial charge in [-0.15, -0.1) is 0 Å². The predicted octanol–water partition coefficient (Wildman–Crippen LogP) is 2.79. The number of nitrogens with one attached hydrogen (secondary N) is 1. The van der Waals surface area contributed by atoms with Crippen molar-refractivity contribution in [2.75, 3.05) is 0 Å². The second-order valence-corrected chi connectivity index (χ2v) is 5.89. The van der Waals surface area contributed by atoms with Gasteiger partial charge in [0.25, 0.3) is 0 Å². The first kappa shape index (κ1) is 17.8. The molecule has 1 amide bonds. The Balaban J connectivity index is 1.89. The maximum Gasteiger partial charge on any atom is 0.326 e. The van der Waals surface area contributed by atoms with Gasteiger partial charge in [0, 0.05) is 17.9 Å². The van der Waals surface area contributed by atoms with E-state index in [0.717, 1.165) is 11.1 Å². The average Bonchev–Trinajstić information content (AvgIpc) is 2.55. The van der Waals surface area contributed by atoms with Crippen LogP contribution in [0.4, 0.5) is 0 Å². The van der Waals surface area contributed by atoms with Gasteiger partial charge in [0.2, 0.25) is 5.91 Å². The molecule has 6 heteroatoms. The van der Waals surface area contributed by atoms with Crippen LogP contribution in [0.2, 0.25) is 5.02 Å². The molecular weight excluding hydrogens is 330 g/mol. The Morgan fingerprint density at radius 2 is 1.58 bits per heavy atom. The molecule has 0 aliphatic rings. The normalized spacial score (nSPS) is 11.7. The van der Waals surface area contributed by atoms with Crippen LogP contribution >= 0.6 is 11.6 Å². The number of carbonyl (C=O) groups is 2. The largest absolute Gasteiger partial charge is 0.508 e. The summed E-state index contributed by atoms with van der Waals surface area (Å²) in [7, 11) is 0. The number of carbonyl (C=O) groups excluding carboxylic acids is 1. The van der Waals surface area contributed by atoms with Gasteiger partial charge in [-0.2, -0.15) is 0 Å². The summed E-state index contributed by atoms with van der Waals surface area (Å²) in [6.45, 7) is 0. The molecule has 0 saturated heterocycles. The van der Waals surface area contributed by atoms with Gasteiger partial charge in [0.1, 0.15) is 11.8 Å². The maximum atomic E-state index is 12.0. The second kappa shape index (κ2) is 8.36. The SMILES string of the molecule is O=C(CCc1ccc(Cl)cc1)N[C@H](Cc1ccc(O)cc1)C(=O)O. The van der Waals surface area contributed by atoms with Crippen molar-refractivity contribution >= 4 is 23.5 Å². The molecular formula is C18H18ClNO4. The number of rotatable bonds is 7. The lowest BCUT2D eigenvalue weighted by atomic mass is 10.0. The van der Waals surface area contributed by atoms with E-state index in [0.29, 0.717) is 11.4 Å². The molecule has 1 atom stereocenters. The van der Waals surface area contributed by atoms with Gasteiger partial charge in [-0.25, -0.2) is 4.79 Å². The Morgan fingerprint density at radius 1 is 1.00 bits per heavy atom.